The maximum Gasteiger partial charge on any atom is 0.398 e. The van der Waals surface area contributed by atoms with Gasteiger partial charge in [0.1, 0.15) is 6.23 Å². The highest BCUT2D eigenvalue weighted by Gasteiger charge is 2.10. The first kappa shape index (κ1) is 9.79. The van der Waals surface area contributed by atoms with Crippen LogP contribution in [-0.4, -0.2) is 32.8 Å². The normalized spacial score (nSPS) is 15.1. The second kappa shape index (κ2) is 3.84. The summed E-state index contributed by atoms with van der Waals surface area (Å²) in [5.74, 6) is 0. The Bertz CT molecular complexity index is 177. The van der Waals surface area contributed by atoms with E-state index in [1.807, 2.05) is 0 Å². The largest absolute Gasteiger partial charge is 0.398 e. The molecule has 0 fully saturated rings. The quantitative estimate of drug-likeness (QED) is 0.344. The fourth-order valence-electron chi connectivity index (χ4n) is 0.391. The third kappa shape index (κ3) is 5.92. The molecule has 0 aromatic heterocycles. The van der Waals surface area contributed by atoms with E-state index in [1.165, 1.54) is 0 Å². The molecule has 0 saturated carbocycles. The lowest BCUT2D eigenvalue weighted by Crippen LogP contribution is -2.36. The summed E-state index contributed by atoms with van der Waals surface area (Å²) in [5, 5.41) is 2.56. The van der Waals surface area contributed by atoms with Crippen molar-refractivity contribution in [3.63, 3.8) is 0 Å². The van der Waals surface area contributed by atoms with Gasteiger partial charge in [-0.3, -0.25) is 4.55 Å². The van der Waals surface area contributed by atoms with E-state index in [0.717, 1.165) is 0 Å². The van der Waals surface area contributed by atoms with Crippen LogP contribution in [0.15, 0.2) is 0 Å². The minimum absolute atomic E-state index is 0.153. The third-order valence-electron chi connectivity index (χ3n) is 0.651. The lowest BCUT2D eigenvalue weighted by atomic mass is 10.6. The minimum Gasteiger partial charge on any atom is -0.316 e. The first-order chi connectivity index (χ1) is 4.45. The van der Waals surface area contributed by atoms with E-state index in [1.54, 1.807) is 7.05 Å². The van der Waals surface area contributed by atoms with Gasteiger partial charge in [-0.05, 0) is 7.05 Å². The molecule has 1 atom stereocenters. The number of rotatable bonds is 4. The van der Waals surface area contributed by atoms with E-state index in [-0.39, 0.29) is 6.54 Å². The number of nitrogens with one attached hydrogen (secondary N) is 1. The van der Waals surface area contributed by atoms with Crippen molar-refractivity contribution in [3.05, 3.63) is 0 Å². The van der Waals surface area contributed by atoms with Gasteiger partial charge in [-0.1, -0.05) is 0 Å². The summed E-state index contributed by atoms with van der Waals surface area (Å²) in [4.78, 5) is 0. The van der Waals surface area contributed by atoms with Crippen LogP contribution in [0.4, 0.5) is 0 Å². The average molecular weight is 170 g/mol. The Kier molecular flexibility index (Phi) is 3.76. The number of nitrogens with two attached hydrogens (primary N) is 1. The van der Waals surface area contributed by atoms with E-state index < -0.39 is 16.6 Å². The van der Waals surface area contributed by atoms with Crippen molar-refractivity contribution < 1.29 is 17.2 Å². The molecule has 0 heterocycles. The smallest absolute Gasteiger partial charge is 0.316 e. The first-order valence-corrected chi connectivity index (χ1v) is 3.88. The number of hydrogen-bond donors (Lipinski definition) is 3. The molecular formula is C3H10N2O4S. The van der Waals surface area contributed by atoms with Gasteiger partial charge in [0.05, 0.1) is 0 Å². The zero-order chi connectivity index (χ0) is 8.20. The minimum atomic E-state index is -4.41. The molecule has 10 heavy (non-hydrogen) atoms. The van der Waals surface area contributed by atoms with Gasteiger partial charge in [0, 0.05) is 6.54 Å². The van der Waals surface area contributed by atoms with Crippen molar-refractivity contribution >= 4 is 10.4 Å². The summed E-state index contributed by atoms with van der Waals surface area (Å²) >= 11 is 0. The van der Waals surface area contributed by atoms with Gasteiger partial charge < -0.3 is 11.1 Å². The van der Waals surface area contributed by atoms with Crippen LogP contribution in [0.5, 0.6) is 0 Å². The molecule has 0 aliphatic rings. The molecule has 0 unspecified atom stereocenters. The lowest BCUT2D eigenvalue weighted by Gasteiger charge is -2.07. The van der Waals surface area contributed by atoms with Gasteiger partial charge in [0.15, 0.2) is 0 Å². The van der Waals surface area contributed by atoms with Crippen molar-refractivity contribution in [3.8, 4) is 0 Å². The van der Waals surface area contributed by atoms with Gasteiger partial charge in [-0.25, -0.2) is 4.18 Å². The molecule has 0 rings (SSSR count). The molecule has 62 valence electrons. The molecule has 0 bridgehead atoms. The van der Waals surface area contributed by atoms with Crippen LogP contribution < -0.4 is 11.1 Å². The summed E-state index contributed by atoms with van der Waals surface area (Å²) in [5.41, 5.74) is 5.05. The molecule has 0 aromatic carbocycles. The maximum absolute atomic E-state index is 9.94. The molecule has 0 aliphatic heterocycles. The molecule has 0 spiro atoms. The van der Waals surface area contributed by atoms with Gasteiger partial charge in [0.2, 0.25) is 0 Å². The molecule has 4 N–H and O–H groups in total. The van der Waals surface area contributed by atoms with Crippen LogP contribution in [0.2, 0.25) is 0 Å². The van der Waals surface area contributed by atoms with Crippen LogP contribution in [0.1, 0.15) is 0 Å². The number of likely N-dealkylation sites (N-methyl/N-ethyl adjacent to an activating group) is 1. The Morgan fingerprint density at radius 1 is 1.80 bits per heavy atom. The summed E-state index contributed by atoms with van der Waals surface area (Å²) in [7, 11) is -2.83. The Hall–Kier alpha value is -0.210. The Labute approximate surface area is 59.3 Å². The first-order valence-electron chi connectivity index (χ1n) is 2.51. The molecule has 7 heteroatoms. The predicted octanol–water partition coefficient (Wildman–Crippen LogP) is -1.69. The topological polar surface area (TPSA) is 102 Å². The second-order valence-corrected chi connectivity index (χ2v) is 2.67. The highest BCUT2D eigenvalue weighted by molar-refractivity contribution is 7.80. The summed E-state index contributed by atoms with van der Waals surface area (Å²) in [6.07, 6.45) is -1.04. The van der Waals surface area contributed by atoms with E-state index in [0.29, 0.717) is 0 Å². The Morgan fingerprint density at radius 3 is 2.60 bits per heavy atom. The van der Waals surface area contributed by atoms with Crippen molar-refractivity contribution in [1.29, 1.82) is 0 Å². The molecular weight excluding hydrogens is 160 g/mol. The highest BCUT2D eigenvalue weighted by Crippen LogP contribution is 1.88. The maximum atomic E-state index is 9.94. The standard InChI is InChI=1S/C3H10N2O4S/c1-5-2-3(4)9-10(6,7)8/h3,5H,2,4H2,1H3,(H,6,7,8)/t3-/m1/s1. The van der Waals surface area contributed by atoms with Crippen LogP contribution in [0.3, 0.4) is 0 Å². The van der Waals surface area contributed by atoms with Crippen molar-refractivity contribution in [1.82, 2.24) is 5.32 Å². The molecule has 0 amide bonds. The predicted molar refractivity (Wildman–Crippen MR) is 34.5 cm³/mol. The van der Waals surface area contributed by atoms with Gasteiger partial charge >= 0.3 is 10.4 Å². The SMILES string of the molecule is CNC[C@H](N)OS(=O)(=O)O. The molecule has 0 aliphatic carbocycles. The zero-order valence-corrected chi connectivity index (χ0v) is 6.26. The Morgan fingerprint density at radius 2 is 2.30 bits per heavy atom. The number of hydrogen-bond acceptors (Lipinski definition) is 5. The van der Waals surface area contributed by atoms with Crippen molar-refractivity contribution in [2.24, 2.45) is 5.73 Å². The zero-order valence-electron chi connectivity index (χ0n) is 5.44. The van der Waals surface area contributed by atoms with Crippen LogP contribution in [0, 0.1) is 0 Å². The van der Waals surface area contributed by atoms with Crippen LogP contribution >= 0.6 is 0 Å². The van der Waals surface area contributed by atoms with Crippen molar-refractivity contribution in [2.75, 3.05) is 13.6 Å². The van der Waals surface area contributed by atoms with E-state index in [9.17, 15) is 8.42 Å². The molecule has 6 nitrogen and oxygen atoms in total. The van der Waals surface area contributed by atoms with Crippen LogP contribution in [-0.2, 0) is 14.6 Å². The summed E-state index contributed by atoms with van der Waals surface area (Å²) in [6, 6.07) is 0. The van der Waals surface area contributed by atoms with Crippen molar-refractivity contribution in [2.45, 2.75) is 6.23 Å². The monoisotopic (exact) mass is 170 g/mol. The lowest BCUT2D eigenvalue weighted by molar-refractivity contribution is 0.187. The fourth-order valence-corrected chi connectivity index (χ4v) is 0.772. The molecule has 0 radical (unpaired) electrons. The summed E-state index contributed by atoms with van der Waals surface area (Å²) in [6.45, 7) is 0.153. The molecule has 0 aromatic rings. The third-order valence-corrected chi connectivity index (χ3v) is 1.14. The van der Waals surface area contributed by atoms with E-state index in [4.69, 9.17) is 10.3 Å². The van der Waals surface area contributed by atoms with E-state index in [2.05, 4.69) is 9.50 Å². The van der Waals surface area contributed by atoms with E-state index >= 15 is 0 Å². The molecule has 0 saturated heterocycles. The second-order valence-electron chi connectivity index (χ2n) is 1.62. The highest BCUT2D eigenvalue weighted by atomic mass is 32.3. The average Bonchev–Trinajstić information content (AvgIpc) is 1.59. The van der Waals surface area contributed by atoms with Gasteiger partial charge in [-0.2, -0.15) is 8.42 Å². The van der Waals surface area contributed by atoms with Gasteiger partial charge in [0.25, 0.3) is 0 Å². The summed E-state index contributed by atoms with van der Waals surface area (Å²) < 4.78 is 31.9. The Balaban J connectivity index is 3.69. The van der Waals surface area contributed by atoms with Gasteiger partial charge in [-0.15, -0.1) is 0 Å². The fraction of sp³-hybridized carbons (Fsp3) is 1.00. The van der Waals surface area contributed by atoms with Crippen LogP contribution in [0.25, 0.3) is 0 Å².